The van der Waals surface area contributed by atoms with Crippen molar-refractivity contribution >= 4 is 109 Å². The fraction of sp³-hybridized carbons (Fsp3) is 0.273. The lowest BCUT2D eigenvalue weighted by Crippen LogP contribution is -2.04. The molecular formula is C77H72N8O8. The zero-order valence-corrected chi connectivity index (χ0v) is 53.9. The highest BCUT2D eigenvalue weighted by Crippen LogP contribution is 2.57. The summed E-state index contributed by atoms with van der Waals surface area (Å²) in [6.07, 6.45) is 6.83. The number of fused-ring (bicyclic) bond motifs is 26. The maximum Gasteiger partial charge on any atom is 0.168 e. The maximum absolute atomic E-state index is 7.20. The molecule has 0 saturated carbocycles. The standard InChI is InChI=1S/C77H72N8O8/c1-10-14-34-90-66-50-38-42-26-18-20-28-44(42)40-52(50)68(92-36-16-12-3)58-56(66)72-79-70-54-55(63(87-7)47-31-23-22-30-46(47)62(54)86-6)71(78-70)80-73-57-59(69(93-37-17-13-4)53-41-45-29-21-19-27-43(45)39-51(53)67(57)91-35-15-11-2)75(82-73)84-77-61-60(76(85(77)5)83-74(58)81-72)64(88-8)48-32-24-25-33-49(48)65(61)89-9/h18-33,38-41H,10-17,34-37H2,1-9H3,(H,78,79,80,81,82,83,84). The molecule has 468 valence electrons. The monoisotopic (exact) mass is 1240 g/mol. The maximum atomic E-state index is 7.20. The molecule has 13 aromatic rings. The summed E-state index contributed by atoms with van der Waals surface area (Å²) in [5.41, 5.74) is 4.20. The van der Waals surface area contributed by atoms with Gasteiger partial charge in [0.1, 0.15) is 68.6 Å². The summed E-state index contributed by atoms with van der Waals surface area (Å²) < 4.78 is 57.2. The van der Waals surface area contributed by atoms with Crippen molar-refractivity contribution in [2.24, 2.45) is 7.05 Å². The Hall–Kier alpha value is -10.5. The minimum absolute atomic E-state index is 0.318. The molecule has 0 amide bonds. The Morgan fingerprint density at radius 2 is 0.591 bits per heavy atom. The van der Waals surface area contributed by atoms with E-state index in [1.807, 2.05) is 60.1 Å². The molecule has 3 aromatic heterocycles. The van der Waals surface area contributed by atoms with E-state index >= 15 is 0 Å². The van der Waals surface area contributed by atoms with E-state index in [1.54, 1.807) is 28.4 Å². The van der Waals surface area contributed by atoms with Gasteiger partial charge in [0.05, 0.1) is 98.7 Å². The van der Waals surface area contributed by atoms with Crippen LogP contribution in [0.4, 0.5) is 0 Å². The van der Waals surface area contributed by atoms with Crippen LogP contribution in [0.25, 0.3) is 154 Å². The first-order valence-electron chi connectivity index (χ1n) is 32.4. The number of aromatic nitrogens is 8. The summed E-state index contributed by atoms with van der Waals surface area (Å²) in [5, 5.41) is 13.3. The highest BCUT2D eigenvalue weighted by Gasteiger charge is 2.36. The van der Waals surface area contributed by atoms with Gasteiger partial charge in [-0.3, -0.25) is 0 Å². The van der Waals surface area contributed by atoms with Crippen molar-refractivity contribution in [1.82, 2.24) is 39.5 Å². The third kappa shape index (κ3) is 9.45. The molecule has 10 aromatic carbocycles. The van der Waals surface area contributed by atoms with Gasteiger partial charge in [0, 0.05) is 50.1 Å². The van der Waals surface area contributed by atoms with Crippen LogP contribution in [0.15, 0.2) is 121 Å². The van der Waals surface area contributed by atoms with Gasteiger partial charge in [-0.2, -0.15) is 0 Å². The first-order chi connectivity index (χ1) is 45.7. The quantitative estimate of drug-likeness (QED) is 0.0564. The van der Waals surface area contributed by atoms with E-state index in [9.17, 15) is 0 Å². The predicted octanol–water partition coefficient (Wildman–Crippen LogP) is 18.5. The first-order valence-corrected chi connectivity index (χ1v) is 32.4. The van der Waals surface area contributed by atoms with Crippen LogP contribution in [0.1, 0.15) is 79.1 Å². The van der Waals surface area contributed by atoms with Crippen molar-refractivity contribution in [3.8, 4) is 91.5 Å². The molecule has 5 heterocycles. The summed E-state index contributed by atoms with van der Waals surface area (Å²) >= 11 is 0. The summed E-state index contributed by atoms with van der Waals surface area (Å²) in [6, 6.07) is 41.6. The van der Waals surface area contributed by atoms with Gasteiger partial charge in [-0.25, -0.2) is 29.9 Å². The smallest absolute Gasteiger partial charge is 0.168 e. The molecule has 93 heavy (non-hydrogen) atoms. The fourth-order valence-corrected chi connectivity index (χ4v) is 13.7. The second-order valence-corrected chi connectivity index (χ2v) is 23.8. The number of H-pyrrole nitrogens is 1. The van der Waals surface area contributed by atoms with Gasteiger partial charge in [0.2, 0.25) is 0 Å². The van der Waals surface area contributed by atoms with Gasteiger partial charge >= 0.3 is 0 Å². The highest BCUT2D eigenvalue weighted by molar-refractivity contribution is 6.23. The van der Waals surface area contributed by atoms with E-state index in [0.29, 0.717) is 162 Å². The normalized spacial score (nSPS) is 12.0. The average molecular weight is 1240 g/mol. The van der Waals surface area contributed by atoms with Gasteiger partial charge in [0.25, 0.3) is 0 Å². The van der Waals surface area contributed by atoms with Crippen LogP contribution < -0.4 is 37.9 Å². The third-order valence-electron chi connectivity index (χ3n) is 18.2. The molecule has 0 saturated heterocycles. The molecule has 0 radical (unpaired) electrons. The number of nitrogens with zero attached hydrogens (tertiary/aromatic N) is 7. The summed E-state index contributed by atoms with van der Waals surface area (Å²) in [7, 11) is 8.71. The highest BCUT2D eigenvalue weighted by atomic mass is 16.5. The van der Waals surface area contributed by atoms with Gasteiger partial charge in [-0.15, -0.1) is 0 Å². The Morgan fingerprint density at radius 1 is 0.323 bits per heavy atom. The van der Waals surface area contributed by atoms with Gasteiger partial charge in [-0.1, -0.05) is 150 Å². The largest absolute Gasteiger partial charge is 0.495 e. The Bertz CT molecular complexity index is 5060. The summed E-state index contributed by atoms with van der Waals surface area (Å²) in [5.74, 6) is 5.96. The number of hydrogen-bond acceptors (Lipinski definition) is 14. The zero-order chi connectivity index (χ0) is 63.6. The molecule has 0 aliphatic carbocycles. The molecule has 0 unspecified atom stereocenters. The Kier molecular flexibility index (Phi) is 15.4. The summed E-state index contributed by atoms with van der Waals surface area (Å²) in [6.45, 7) is 10.3. The lowest BCUT2D eigenvalue weighted by Gasteiger charge is -2.19. The van der Waals surface area contributed by atoms with Crippen LogP contribution in [0.5, 0.6) is 46.0 Å². The van der Waals surface area contributed by atoms with Crippen LogP contribution in [0, 0.1) is 0 Å². The Balaban J connectivity index is 1.22. The molecule has 0 spiro atoms. The molecule has 0 fully saturated rings. The predicted molar refractivity (Wildman–Crippen MR) is 374 cm³/mol. The fourth-order valence-electron chi connectivity index (χ4n) is 13.7. The van der Waals surface area contributed by atoms with E-state index in [-0.39, 0.29) is 0 Å². The Morgan fingerprint density at radius 3 is 0.871 bits per heavy atom. The zero-order valence-electron chi connectivity index (χ0n) is 53.9. The number of ether oxygens (including phenoxy) is 8. The van der Waals surface area contributed by atoms with Crippen molar-refractivity contribution in [1.29, 1.82) is 0 Å². The van der Waals surface area contributed by atoms with Gasteiger partial charge in [0.15, 0.2) is 23.3 Å². The van der Waals surface area contributed by atoms with Crippen molar-refractivity contribution < 1.29 is 37.9 Å². The number of benzene rings is 10. The molecule has 1 N–H and O–H groups in total. The van der Waals surface area contributed by atoms with Crippen molar-refractivity contribution in [3.63, 3.8) is 0 Å². The second-order valence-electron chi connectivity index (χ2n) is 23.8. The van der Waals surface area contributed by atoms with Crippen LogP contribution >= 0.6 is 0 Å². The van der Waals surface area contributed by atoms with Crippen LogP contribution in [-0.2, 0) is 7.05 Å². The SMILES string of the molecule is CCCCOc1c2c(c(OCCCC)c3cc4ccccc4cc13)-c1nc-2nc2[nH]c(nc3nc(nc4c5c(OC)c6ccccc6c(OC)c5c(n1)n4C)-c1c-3c(OCCCC)c3cc4ccccc4cc3c1OCCCC)c1c(OC)c3ccccc3c(OC)c21. The molecule has 16 heteroatoms. The number of aryl methyl sites for hydroxylation is 1. The van der Waals surface area contributed by atoms with E-state index in [2.05, 4.69) is 105 Å². The first kappa shape index (κ1) is 58.9. The topological polar surface area (TPSA) is 172 Å². The molecule has 15 rings (SSSR count). The van der Waals surface area contributed by atoms with Crippen molar-refractivity contribution in [3.05, 3.63) is 121 Å². The molecule has 2 aliphatic rings. The van der Waals surface area contributed by atoms with Gasteiger partial charge < -0.3 is 47.4 Å². The number of rotatable bonds is 20. The van der Waals surface area contributed by atoms with E-state index in [1.165, 1.54) is 0 Å². The number of aromatic amines is 1. The van der Waals surface area contributed by atoms with Crippen molar-refractivity contribution in [2.45, 2.75) is 79.1 Å². The number of hydrogen-bond donors (Lipinski definition) is 1. The van der Waals surface area contributed by atoms with Crippen LogP contribution in [-0.4, -0.2) is 94.3 Å². The second kappa shape index (κ2) is 24.3. The minimum atomic E-state index is 0.318. The number of nitrogens with one attached hydrogen (secondary N) is 1. The van der Waals surface area contributed by atoms with Gasteiger partial charge in [-0.05, 0) is 71.5 Å². The van der Waals surface area contributed by atoms with E-state index in [0.717, 1.165) is 116 Å². The van der Waals surface area contributed by atoms with Crippen molar-refractivity contribution in [2.75, 3.05) is 54.9 Å². The lowest BCUT2D eigenvalue weighted by atomic mass is 9.95. The lowest BCUT2D eigenvalue weighted by molar-refractivity contribution is 0.308. The summed E-state index contributed by atoms with van der Waals surface area (Å²) in [4.78, 5) is 38.3. The molecule has 8 bridgehead atoms. The van der Waals surface area contributed by atoms with Crippen LogP contribution in [0.2, 0.25) is 0 Å². The minimum Gasteiger partial charge on any atom is -0.495 e. The third-order valence-corrected chi connectivity index (χ3v) is 18.2. The molecule has 16 nitrogen and oxygen atoms in total. The van der Waals surface area contributed by atoms with E-state index in [4.69, 9.17) is 67.8 Å². The number of methoxy groups -OCH3 is 4. The Labute approximate surface area is 537 Å². The van der Waals surface area contributed by atoms with E-state index < -0.39 is 0 Å². The number of unbranched alkanes of at least 4 members (excludes halogenated alkanes) is 4. The molecule has 0 atom stereocenters. The average Bonchev–Trinajstić information content (AvgIpc) is 1.65. The molecule has 2 aliphatic heterocycles. The molecular weight excluding hydrogens is 1160 g/mol. The van der Waals surface area contributed by atoms with Crippen LogP contribution in [0.3, 0.4) is 0 Å².